The van der Waals surface area contributed by atoms with Gasteiger partial charge < -0.3 is 15.3 Å². The Morgan fingerprint density at radius 3 is 2.57 bits per heavy atom. The van der Waals surface area contributed by atoms with E-state index in [-0.39, 0.29) is 35.7 Å². The number of allylic oxidation sites excluding steroid dienone is 4. The monoisotopic (exact) mass is 320 g/mol. The van der Waals surface area contributed by atoms with Crippen molar-refractivity contribution >= 4 is 5.97 Å². The van der Waals surface area contributed by atoms with E-state index in [1.165, 1.54) is 0 Å². The summed E-state index contributed by atoms with van der Waals surface area (Å²) in [4.78, 5) is 10.9. The highest BCUT2D eigenvalue weighted by Crippen LogP contribution is 2.48. The summed E-state index contributed by atoms with van der Waals surface area (Å²) in [5.74, 6) is -0.192. The third kappa shape index (κ3) is 3.59. The number of carboxylic acids is 1. The molecule has 2 rings (SSSR count). The van der Waals surface area contributed by atoms with E-state index in [9.17, 15) is 15.0 Å². The second-order valence-electron chi connectivity index (χ2n) is 7.27. The Balaban J connectivity index is 2.30. The van der Waals surface area contributed by atoms with Crippen molar-refractivity contribution in [1.29, 1.82) is 0 Å². The van der Waals surface area contributed by atoms with Crippen molar-refractivity contribution in [2.45, 2.75) is 46.3 Å². The fraction of sp³-hybridized carbons (Fsp3) is 0.632. The maximum absolute atomic E-state index is 10.9. The molecule has 0 unspecified atom stereocenters. The molecule has 2 aliphatic carbocycles. The smallest absolute Gasteiger partial charge is 0.331 e. The summed E-state index contributed by atoms with van der Waals surface area (Å²) in [5, 5.41) is 29.8. The lowest BCUT2D eigenvalue weighted by molar-refractivity contribution is -0.132. The van der Waals surface area contributed by atoms with Gasteiger partial charge in [0.05, 0.1) is 12.2 Å². The minimum atomic E-state index is -0.922. The van der Waals surface area contributed by atoms with Crippen LogP contribution >= 0.6 is 0 Å². The van der Waals surface area contributed by atoms with E-state index in [1.54, 1.807) is 19.1 Å². The summed E-state index contributed by atoms with van der Waals surface area (Å²) in [6.07, 6.45) is 7.32. The molecule has 0 aliphatic heterocycles. The van der Waals surface area contributed by atoms with Crippen LogP contribution in [0, 0.1) is 29.6 Å². The third-order valence-corrected chi connectivity index (χ3v) is 5.68. The van der Waals surface area contributed by atoms with Gasteiger partial charge in [0, 0.05) is 11.5 Å². The maximum Gasteiger partial charge on any atom is 0.331 e. The average Bonchev–Trinajstić information content (AvgIpc) is 2.48. The molecule has 0 aromatic rings. The number of rotatable bonds is 3. The van der Waals surface area contributed by atoms with Crippen LogP contribution in [0.25, 0.3) is 0 Å². The van der Waals surface area contributed by atoms with E-state index in [0.717, 1.165) is 12.0 Å². The summed E-state index contributed by atoms with van der Waals surface area (Å²) in [6.45, 7) is 7.67. The highest BCUT2D eigenvalue weighted by Gasteiger charge is 2.47. The zero-order valence-corrected chi connectivity index (χ0v) is 14.3. The van der Waals surface area contributed by atoms with Crippen molar-refractivity contribution < 1.29 is 20.1 Å². The minimum absolute atomic E-state index is 0.0984. The van der Waals surface area contributed by atoms with Crippen molar-refractivity contribution in [2.75, 3.05) is 0 Å². The van der Waals surface area contributed by atoms with E-state index < -0.39 is 12.1 Å². The van der Waals surface area contributed by atoms with Crippen molar-refractivity contribution in [3.05, 3.63) is 35.5 Å². The molecule has 0 spiro atoms. The first kappa shape index (κ1) is 18.0. The summed E-state index contributed by atoms with van der Waals surface area (Å²) >= 11 is 0. The molecule has 23 heavy (non-hydrogen) atoms. The zero-order chi connectivity index (χ0) is 17.3. The molecular weight excluding hydrogens is 292 g/mol. The van der Waals surface area contributed by atoms with E-state index in [2.05, 4.69) is 6.92 Å². The van der Waals surface area contributed by atoms with Crippen LogP contribution in [0.3, 0.4) is 0 Å². The van der Waals surface area contributed by atoms with Gasteiger partial charge in [-0.05, 0) is 43.9 Å². The highest BCUT2D eigenvalue weighted by molar-refractivity contribution is 5.86. The van der Waals surface area contributed by atoms with Gasteiger partial charge in [-0.3, -0.25) is 0 Å². The fourth-order valence-electron chi connectivity index (χ4n) is 4.30. The van der Waals surface area contributed by atoms with Gasteiger partial charge in [-0.25, -0.2) is 4.79 Å². The Morgan fingerprint density at radius 1 is 1.30 bits per heavy atom. The van der Waals surface area contributed by atoms with Crippen LogP contribution in [0.5, 0.6) is 0 Å². The van der Waals surface area contributed by atoms with Crippen LogP contribution in [-0.4, -0.2) is 33.5 Å². The van der Waals surface area contributed by atoms with Crippen LogP contribution in [0.15, 0.2) is 35.5 Å². The number of aliphatic carboxylic acids is 1. The van der Waals surface area contributed by atoms with Gasteiger partial charge in [-0.15, -0.1) is 0 Å². The molecule has 1 saturated carbocycles. The van der Waals surface area contributed by atoms with Crippen LogP contribution in [0.1, 0.15) is 34.1 Å². The van der Waals surface area contributed by atoms with Crippen LogP contribution in [-0.2, 0) is 4.79 Å². The van der Waals surface area contributed by atoms with E-state index in [1.807, 2.05) is 26.0 Å². The number of carboxylic acid groups (broad SMARTS) is 1. The molecular formula is C19H28O4. The first-order valence-electron chi connectivity index (χ1n) is 8.36. The lowest BCUT2D eigenvalue weighted by atomic mass is 9.57. The number of carbonyl (C=O) groups is 1. The molecule has 2 aliphatic rings. The maximum atomic E-state index is 10.9. The van der Waals surface area contributed by atoms with Crippen LogP contribution in [0.2, 0.25) is 0 Å². The van der Waals surface area contributed by atoms with Crippen molar-refractivity contribution in [3.63, 3.8) is 0 Å². The molecule has 128 valence electrons. The van der Waals surface area contributed by atoms with Crippen LogP contribution < -0.4 is 0 Å². The molecule has 0 bridgehead atoms. The van der Waals surface area contributed by atoms with Gasteiger partial charge >= 0.3 is 5.97 Å². The highest BCUT2D eigenvalue weighted by atomic mass is 16.4. The standard InChI is InChI=1S/C19H28O4/c1-10(19(22)23)6-5-7-14-11(2)9-16(20)15-8-12(3)18(21)13(4)17(14)15/h5-7,9,12-18,20-21H,8H2,1-4H3,(H,22,23)/b7-5+,10-6+/t12-,13+,14+,15-,16-,17-,18+/m1/s1. The van der Waals surface area contributed by atoms with Gasteiger partial charge in [-0.2, -0.15) is 0 Å². The van der Waals surface area contributed by atoms with Crippen LogP contribution in [0.4, 0.5) is 0 Å². The normalized spacial score (nSPS) is 41.6. The minimum Gasteiger partial charge on any atom is -0.478 e. The van der Waals surface area contributed by atoms with E-state index in [4.69, 9.17) is 5.11 Å². The number of aliphatic hydroxyl groups excluding tert-OH is 2. The number of fused-ring (bicyclic) bond motifs is 1. The Bertz CT molecular complexity index is 546. The molecule has 7 atom stereocenters. The molecule has 1 fully saturated rings. The Morgan fingerprint density at radius 2 is 1.96 bits per heavy atom. The number of hydrogen-bond acceptors (Lipinski definition) is 3. The summed E-state index contributed by atoms with van der Waals surface area (Å²) in [7, 11) is 0. The van der Waals surface area contributed by atoms with E-state index in [0.29, 0.717) is 5.57 Å². The third-order valence-electron chi connectivity index (χ3n) is 5.68. The predicted molar refractivity (Wildman–Crippen MR) is 89.7 cm³/mol. The van der Waals surface area contributed by atoms with E-state index >= 15 is 0 Å². The second kappa shape index (κ2) is 7.02. The fourth-order valence-corrected chi connectivity index (χ4v) is 4.30. The Hall–Kier alpha value is -1.39. The van der Waals surface area contributed by atoms with Gasteiger partial charge in [0.1, 0.15) is 0 Å². The van der Waals surface area contributed by atoms with Gasteiger partial charge in [-0.1, -0.05) is 43.7 Å². The molecule has 0 heterocycles. The quantitative estimate of drug-likeness (QED) is 0.424. The number of aliphatic hydroxyl groups is 2. The van der Waals surface area contributed by atoms with Crippen molar-refractivity contribution in [2.24, 2.45) is 29.6 Å². The number of hydrogen-bond donors (Lipinski definition) is 3. The predicted octanol–water partition coefficient (Wildman–Crippen LogP) is 2.78. The largest absolute Gasteiger partial charge is 0.478 e. The second-order valence-corrected chi connectivity index (χ2v) is 7.27. The first-order valence-corrected chi connectivity index (χ1v) is 8.36. The summed E-state index contributed by atoms with van der Waals surface area (Å²) < 4.78 is 0. The Labute approximate surface area is 138 Å². The van der Waals surface area contributed by atoms with Gasteiger partial charge in [0.2, 0.25) is 0 Å². The molecule has 0 saturated heterocycles. The SMILES string of the molecule is CC1=C[C@@H](O)[C@H]2C[C@@H](C)[C@H](O)[C@@H](C)[C@@H]2[C@H]1/C=C/C=C(\C)C(=O)O. The topological polar surface area (TPSA) is 77.8 Å². The lowest BCUT2D eigenvalue weighted by Gasteiger charge is -2.49. The average molecular weight is 320 g/mol. The molecule has 4 nitrogen and oxygen atoms in total. The van der Waals surface area contributed by atoms with Crippen molar-refractivity contribution in [3.8, 4) is 0 Å². The molecule has 0 amide bonds. The first-order chi connectivity index (χ1) is 10.7. The zero-order valence-electron chi connectivity index (χ0n) is 14.3. The summed E-state index contributed by atoms with van der Waals surface area (Å²) in [6, 6.07) is 0. The molecule has 0 radical (unpaired) electrons. The lowest BCUT2D eigenvalue weighted by Crippen LogP contribution is -2.49. The molecule has 3 N–H and O–H groups in total. The van der Waals surface area contributed by atoms with Gasteiger partial charge in [0.25, 0.3) is 0 Å². The molecule has 4 heteroatoms. The Kier molecular flexibility index (Phi) is 5.48. The molecule has 0 aromatic heterocycles. The van der Waals surface area contributed by atoms with Gasteiger partial charge in [0.15, 0.2) is 0 Å². The molecule has 0 aromatic carbocycles. The van der Waals surface area contributed by atoms with Crippen molar-refractivity contribution in [1.82, 2.24) is 0 Å². The summed E-state index contributed by atoms with van der Waals surface area (Å²) in [5.41, 5.74) is 1.38.